The maximum atomic E-state index is 12.3. The van der Waals surface area contributed by atoms with Crippen LogP contribution in [0.4, 0.5) is 0 Å². The number of phenols is 1. The van der Waals surface area contributed by atoms with E-state index < -0.39 is 7.82 Å². The van der Waals surface area contributed by atoms with Crippen LogP contribution in [0.15, 0.2) is 78.9 Å². The largest absolute Gasteiger partial charge is 0.584 e. The van der Waals surface area contributed by atoms with Crippen molar-refractivity contribution < 1.29 is 23.6 Å². The lowest BCUT2D eigenvalue weighted by molar-refractivity contribution is 0.291. The molecule has 0 bridgehead atoms. The highest BCUT2D eigenvalue weighted by molar-refractivity contribution is 7.48. The fourth-order valence-corrected chi connectivity index (χ4v) is 4.43. The number of phosphoric ester groups is 1. The summed E-state index contributed by atoms with van der Waals surface area (Å²) >= 11 is 0. The monoisotopic (exact) mass is 412 g/mol. The van der Waals surface area contributed by atoms with Crippen molar-refractivity contribution in [3.8, 4) is 17.2 Å². The zero-order valence-electron chi connectivity index (χ0n) is 16.5. The third-order valence-electron chi connectivity index (χ3n) is 5.22. The summed E-state index contributed by atoms with van der Waals surface area (Å²) in [4.78, 5) is 10.0. The van der Waals surface area contributed by atoms with Crippen molar-refractivity contribution in [2.75, 3.05) is 0 Å². The first-order valence-corrected chi connectivity index (χ1v) is 11.0. The second-order valence-corrected chi connectivity index (χ2v) is 8.13. The Hall–Kier alpha value is -2.75. The normalized spacial score (nSPS) is 13.5. The van der Waals surface area contributed by atoms with Crippen molar-refractivity contribution in [3.63, 3.8) is 0 Å². The fourth-order valence-electron chi connectivity index (χ4n) is 3.61. The van der Waals surface area contributed by atoms with Gasteiger partial charge in [-0.1, -0.05) is 56.3 Å². The molecule has 0 fully saturated rings. The summed E-state index contributed by atoms with van der Waals surface area (Å²) < 4.78 is 22.6. The van der Waals surface area contributed by atoms with Gasteiger partial charge in [-0.25, -0.2) is 4.57 Å². The molecule has 0 spiro atoms. The molecule has 3 aromatic rings. The van der Waals surface area contributed by atoms with E-state index in [9.17, 15) is 14.6 Å². The predicted molar refractivity (Wildman–Crippen MR) is 113 cm³/mol. The van der Waals surface area contributed by atoms with E-state index in [-0.39, 0.29) is 22.7 Å². The van der Waals surface area contributed by atoms with Gasteiger partial charge in [-0.05, 0) is 60.4 Å². The van der Waals surface area contributed by atoms with Gasteiger partial charge in [0.05, 0.1) is 0 Å². The first-order chi connectivity index (χ1) is 13.9. The Morgan fingerprint density at radius 3 is 1.69 bits per heavy atom. The molecule has 29 heavy (non-hydrogen) atoms. The molecule has 0 aliphatic carbocycles. The van der Waals surface area contributed by atoms with E-state index >= 15 is 0 Å². The fraction of sp³-hybridized carbons (Fsp3) is 0.217. The smallest absolute Gasteiger partial charge is 0.508 e. The Morgan fingerprint density at radius 1 is 0.759 bits per heavy atom. The summed E-state index contributed by atoms with van der Waals surface area (Å²) in [6, 6.07) is 22.8. The van der Waals surface area contributed by atoms with Crippen LogP contribution in [-0.2, 0) is 9.98 Å². The van der Waals surface area contributed by atoms with Gasteiger partial charge in [-0.3, -0.25) is 4.89 Å². The molecule has 2 N–H and O–H groups in total. The maximum Gasteiger partial charge on any atom is 0.584 e. The highest BCUT2D eigenvalue weighted by atomic mass is 31.2. The molecule has 1 atom stereocenters. The zero-order valence-corrected chi connectivity index (χ0v) is 17.4. The van der Waals surface area contributed by atoms with Gasteiger partial charge in [-0.15, -0.1) is 0 Å². The number of hydrogen-bond donors (Lipinski definition) is 2. The van der Waals surface area contributed by atoms with Crippen LogP contribution in [0.5, 0.6) is 17.2 Å². The van der Waals surface area contributed by atoms with Crippen LogP contribution in [-0.4, -0.2) is 10.00 Å². The molecule has 0 aromatic heterocycles. The van der Waals surface area contributed by atoms with E-state index in [0.717, 1.165) is 24.0 Å². The van der Waals surface area contributed by atoms with Gasteiger partial charge in [0, 0.05) is 5.41 Å². The molecule has 0 aliphatic heterocycles. The summed E-state index contributed by atoms with van der Waals surface area (Å²) in [6.45, 7) is 4.24. The third-order valence-corrected chi connectivity index (χ3v) is 6.10. The van der Waals surface area contributed by atoms with Crippen LogP contribution in [0.25, 0.3) is 0 Å². The Balaban J connectivity index is 1.82. The van der Waals surface area contributed by atoms with E-state index in [2.05, 4.69) is 13.8 Å². The quantitative estimate of drug-likeness (QED) is 0.440. The van der Waals surface area contributed by atoms with Crippen LogP contribution in [0.1, 0.15) is 37.8 Å². The number of phenolic OH excluding ortho intramolecular Hbond substituents is 1. The molecule has 0 aliphatic rings. The molecule has 0 amide bonds. The topological polar surface area (TPSA) is 76.0 Å². The molecule has 1 unspecified atom stereocenters. The molecule has 152 valence electrons. The van der Waals surface area contributed by atoms with Crippen LogP contribution in [0.3, 0.4) is 0 Å². The second kappa shape index (κ2) is 8.73. The van der Waals surface area contributed by atoms with Gasteiger partial charge in [0.2, 0.25) is 0 Å². The lowest BCUT2D eigenvalue weighted by atomic mass is 9.70. The SMILES string of the molecule is CCC(CC)(c1ccc(O)cc1)c1ccc(OP(=O)(O)Oc2ccccc2)cc1. The van der Waals surface area contributed by atoms with Gasteiger partial charge in [-0.2, -0.15) is 0 Å². The molecule has 3 aromatic carbocycles. The minimum Gasteiger partial charge on any atom is -0.508 e. The van der Waals surface area contributed by atoms with Crippen LogP contribution >= 0.6 is 7.82 Å². The lowest BCUT2D eigenvalue weighted by Crippen LogP contribution is -2.25. The first-order valence-electron chi connectivity index (χ1n) is 9.55. The van der Waals surface area contributed by atoms with Crippen molar-refractivity contribution in [3.05, 3.63) is 90.0 Å². The number of hydrogen-bond acceptors (Lipinski definition) is 4. The Bertz CT molecular complexity index is 964. The van der Waals surface area contributed by atoms with Gasteiger partial charge < -0.3 is 14.2 Å². The second-order valence-electron chi connectivity index (χ2n) is 6.82. The average molecular weight is 412 g/mol. The third kappa shape index (κ3) is 4.81. The Kier molecular flexibility index (Phi) is 6.31. The van der Waals surface area contributed by atoms with E-state index in [1.807, 2.05) is 24.3 Å². The minimum absolute atomic E-state index is 0.227. The molecule has 0 heterocycles. The van der Waals surface area contributed by atoms with Gasteiger partial charge in [0.15, 0.2) is 0 Å². The van der Waals surface area contributed by atoms with Crippen molar-refractivity contribution in [2.24, 2.45) is 0 Å². The standard InChI is InChI=1S/C23H25O5P/c1-3-23(4-2,18-10-14-20(24)15-11-18)19-12-16-22(17-13-19)28-29(25,26)27-21-8-6-5-7-9-21/h5-17,24H,3-4H2,1-2H3,(H,25,26). The zero-order chi connectivity index (χ0) is 20.9. The summed E-state index contributed by atoms with van der Waals surface area (Å²) in [5, 5.41) is 9.61. The summed E-state index contributed by atoms with van der Waals surface area (Å²) in [7, 11) is -4.30. The number of aromatic hydroxyl groups is 1. The summed E-state index contributed by atoms with van der Waals surface area (Å²) in [5.41, 5.74) is 1.95. The van der Waals surface area contributed by atoms with Crippen molar-refractivity contribution >= 4 is 7.82 Å². The van der Waals surface area contributed by atoms with Crippen LogP contribution < -0.4 is 9.05 Å². The first kappa shape index (κ1) is 21.0. The predicted octanol–water partition coefficient (Wildman–Crippen LogP) is 6.06. The minimum atomic E-state index is -4.30. The van der Waals surface area contributed by atoms with E-state index in [4.69, 9.17) is 9.05 Å². The van der Waals surface area contributed by atoms with Crippen molar-refractivity contribution in [1.82, 2.24) is 0 Å². The Labute approximate surface area is 171 Å². The van der Waals surface area contributed by atoms with E-state index in [0.29, 0.717) is 0 Å². The van der Waals surface area contributed by atoms with Gasteiger partial charge in [0.25, 0.3) is 0 Å². The highest BCUT2D eigenvalue weighted by Gasteiger charge is 2.31. The molecule has 6 heteroatoms. The molecule has 5 nitrogen and oxygen atoms in total. The summed E-state index contributed by atoms with van der Waals surface area (Å²) in [6.07, 6.45) is 1.73. The average Bonchev–Trinajstić information content (AvgIpc) is 2.72. The number of phosphoric acid groups is 1. The number of benzene rings is 3. The molecule has 0 saturated carbocycles. The van der Waals surface area contributed by atoms with E-state index in [1.54, 1.807) is 54.6 Å². The van der Waals surface area contributed by atoms with Crippen LogP contribution in [0.2, 0.25) is 0 Å². The molecular weight excluding hydrogens is 387 g/mol. The Morgan fingerprint density at radius 2 is 1.21 bits per heavy atom. The highest BCUT2D eigenvalue weighted by Crippen LogP contribution is 2.45. The number of para-hydroxylation sites is 1. The maximum absolute atomic E-state index is 12.3. The van der Waals surface area contributed by atoms with Crippen molar-refractivity contribution in [2.45, 2.75) is 32.1 Å². The molecular formula is C23H25O5P. The molecule has 3 rings (SSSR count). The van der Waals surface area contributed by atoms with Crippen molar-refractivity contribution in [1.29, 1.82) is 0 Å². The van der Waals surface area contributed by atoms with E-state index in [1.165, 1.54) is 0 Å². The van der Waals surface area contributed by atoms with Gasteiger partial charge >= 0.3 is 7.82 Å². The number of rotatable bonds is 8. The van der Waals surface area contributed by atoms with Gasteiger partial charge in [0.1, 0.15) is 17.2 Å². The molecule has 0 radical (unpaired) electrons. The molecule has 0 saturated heterocycles. The van der Waals surface area contributed by atoms with Crippen LogP contribution in [0, 0.1) is 0 Å². The lowest BCUT2D eigenvalue weighted by Gasteiger charge is -2.33. The summed E-state index contributed by atoms with van der Waals surface area (Å²) in [5.74, 6) is 0.747.